The maximum atomic E-state index is 13.2. The maximum Gasteiger partial charge on any atom is 0.261 e. The summed E-state index contributed by atoms with van der Waals surface area (Å²) >= 11 is 3.52. The summed E-state index contributed by atoms with van der Waals surface area (Å²) in [5, 5.41) is 2.93. The van der Waals surface area contributed by atoms with Crippen molar-refractivity contribution < 1.29 is 14.3 Å². The molecule has 0 aromatic heterocycles. The summed E-state index contributed by atoms with van der Waals surface area (Å²) in [5.41, 5.74) is 3.32. The predicted octanol–water partition coefficient (Wildman–Crippen LogP) is 5.03. The van der Waals surface area contributed by atoms with E-state index < -0.39 is 6.04 Å². The van der Waals surface area contributed by atoms with Crippen LogP contribution in [0.2, 0.25) is 0 Å². The van der Waals surface area contributed by atoms with Crippen LogP contribution in [0.25, 0.3) is 0 Å². The lowest BCUT2D eigenvalue weighted by Crippen LogP contribution is -2.50. The molecule has 0 unspecified atom stereocenters. The molecule has 6 heteroatoms. The molecule has 1 N–H and O–H groups in total. The summed E-state index contributed by atoms with van der Waals surface area (Å²) in [6, 6.07) is 13.3. The molecule has 168 valence electrons. The van der Waals surface area contributed by atoms with Gasteiger partial charge < -0.3 is 15.0 Å². The second-order valence-corrected chi connectivity index (χ2v) is 8.48. The molecular weight excluding hydrogens is 456 g/mol. The fourth-order valence-electron chi connectivity index (χ4n) is 3.28. The van der Waals surface area contributed by atoms with Crippen LogP contribution in [0, 0.1) is 6.92 Å². The monoisotopic (exact) mass is 488 g/mol. The average molecular weight is 489 g/mol. The van der Waals surface area contributed by atoms with Crippen LogP contribution in [0.3, 0.4) is 0 Å². The molecule has 1 atom stereocenters. The number of ether oxygens (including phenoxy) is 1. The van der Waals surface area contributed by atoms with E-state index in [1.807, 2.05) is 63.2 Å². The lowest BCUT2D eigenvalue weighted by atomic mass is 10.1. The van der Waals surface area contributed by atoms with Gasteiger partial charge in [-0.05, 0) is 65.4 Å². The molecule has 5 nitrogen and oxygen atoms in total. The van der Waals surface area contributed by atoms with E-state index in [1.165, 1.54) is 5.56 Å². The van der Waals surface area contributed by atoms with E-state index in [-0.39, 0.29) is 18.4 Å². The first-order valence-corrected chi connectivity index (χ1v) is 11.7. The van der Waals surface area contributed by atoms with Crippen LogP contribution in [-0.2, 0) is 22.6 Å². The van der Waals surface area contributed by atoms with Gasteiger partial charge in [0.25, 0.3) is 5.91 Å². The van der Waals surface area contributed by atoms with Crippen LogP contribution in [0.4, 0.5) is 0 Å². The molecule has 0 aliphatic carbocycles. The molecule has 0 aliphatic heterocycles. The minimum Gasteiger partial charge on any atom is -0.483 e. The third-order valence-electron chi connectivity index (χ3n) is 5.16. The second kappa shape index (κ2) is 12.5. The smallest absolute Gasteiger partial charge is 0.261 e. The Bertz CT molecular complexity index is 868. The van der Waals surface area contributed by atoms with E-state index in [1.54, 1.807) is 4.90 Å². The summed E-state index contributed by atoms with van der Waals surface area (Å²) in [4.78, 5) is 27.6. The minimum atomic E-state index is -0.546. The van der Waals surface area contributed by atoms with Crippen LogP contribution in [0.1, 0.15) is 50.3 Å². The number of aryl methyl sites for hydroxylation is 2. The number of carbonyl (C=O) groups is 2. The standard InChI is InChI=1S/C25H33BrN2O3/c1-5-14-27-25(30)22(7-3)28(16-20-10-8-18(4)9-11-20)24(29)17-31-23-13-12-19(6-2)15-21(23)26/h8-13,15,22H,5-7,14,16-17H2,1-4H3,(H,27,30)/t22-/m1/s1. The van der Waals surface area contributed by atoms with E-state index in [2.05, 4.69) is 28.2 Å². The van der Waals surface area contributed by atoms with Gasteiger partial charge in [0.05, 0.1) is 4.47 Å². The van der Waals surface area contributed by atoms with Gasteiger partial charge in [0.1, 0.15) is 11.8 Å². The predicted molar refractivity (Wildman–Crippen MR) is 128 cm³/mol. The van der Waals surface area contributed by atoms with E-state index in [9.17, 15) is 9.59 Å². The van der Waals surface area contributed by atoms with Crippen molar-refractivity contribution in [1.82, 2.24) is 10.2 Å². The van der Waals surface area contributed by atoms with Gasteiger partial charge in [-0.2, -0.15) is 0 Å². The lowest BCUT2D eigenvalue weighted by Gasteiger charge is -2.30. The molecule has 31 heavy (non-hydrogen) atoms. The fourth-order valence-corrected chi connectivity index (χ4v) is 3.82. The maximum absolute atomic E-state index is 13.2. The minimum absolute atomic E-state index is 0.127. The number of amides is 2. The van der Waals surface area contributed by atoms with Crippen molar-refractivity contribution in [3.05, 3.63) is 63.6 Å². The average Bonchev–Trinajstić information content (AvgIpc) is 2.77. The fraction of sp³-hybridized carbons (Fsp3) is 0.440. The summed E-state index contributed by atoms with van der Waals surface area (Å²) in [6.45, 7) is 8.86. The zero-order valence-electron chi connectivity index (χ0n) is 18.9. The molecule has 2 amide bonds. The zero-order valence-corrected chi connectivity index (χ0v) is 20.5. The summed E-state index contributed by atoms with van der Waals surface area (Å²) in [7, 11) is 0. The molecule has 0 saturated heterocycles. The van der Waals surface area contributed by atoms with Crippen molar-refractivity contribution in [2.75, 3.05) is 13.2 Å². The number of nitrogens with one attached hydrogen (secondary N) is 1. The molecule has 0 heterocycles. The Morgan fingerprint density at radius 2 is 1.74 bits per heavy atom. The van der Waals surface area contributed by atoms with Crippen LogP contribution in [-0.4, -0.2) is 35.9 Å². The molecule has 2 rings (SSSR count). The number of hydrogen-bond acceptors (Lipinski definition) is 3. The highest BCUT2D eigenvalue weighted by Gasteiger charge is 2.28. The van der Waals surface area contributed by atoms with Crippen molar-refractivity contribution >= 4 is 27.7 Å². The van der Waals surface area contributed by atoms with Crippen molar-refractivity contribution in [1.29, 1.82) is 0 Å². The Morgan fingerprint density at radius 3 is 2.32 bits per heavy atom. The number of carbonyl (C=O) groups excluding carboxylic acids is 2. The van der Waals surface area contributed by atoms with Gasteiger partial charge in [-0.15, -0.1) is 0 Å². The lowest BCUT2D eigenvalue weighted by molar-refractivity contribution is -0.143. The van der Waals surface area contributed by atoms with Gasteiger partial charge in [0.15, 0.2) is 6.61 Å². The molecular formula is C25H33BrN2O3. The van der Waals surface area contributed by atoms with Gasteiger partial charge in [-0.1, -0.05) is 56.7 Å². The molecule has 2 aromatic rings. The highest BCUT2D eigenvalue weighted by molar-refractivity contribution is 9.10. The summed E-state index contributed by atoms with van der Waals surface area (Å²) in [6.07, 6.45) is 2.30. The molecule has 0 saturated carbocycles. The van der Waals surface area contributed by atoms with Gasteiger partial charge in [-0.3, -0.25) is 9.59 Å². The second-order valence-electron chi connectivity index (χ2n) is 7.63. The van der Waals surface area contributed by atoms with Crippen molar-refractivity contribution in [3.63, 3.8) is 0 Å². The zero-order chi connectivity index (χ0) is 22.8. The third-order valence-corrected chi connectivity index (χ3v) is 5.78. The molecule has 0 spiro atoms. The number of benzene rings is 2. The summed E-state index contributed by atoms with van der Waals surface area (Å²) in [5.74, 6) is 0.271. The first kappa shape index (κ1) is 24.9. The molecule has 0 bridgehead atoms. The largest absolute Gasteiger partial charge is 0.483 e. The van der Waals surface area contributed by atoms with Gasteiger partial charge >= 0.3 is 0 Å². The highest BCUT2D eigenvalue weighted by Crippen LogP contribution is 2.26. The van der Waals surface area contributed by atoms with Crippen LogP contribution in [0.15, 0.2) is 46.9 Å². The van der Waals surface area contributed by atoms with Gasteiger partial charge in [0, 0.05) is 13.1 Å². The topological polar surface area (TPSA) is 58.6 Å². The van der Waals surface area contributed by atoms with Crippen LogP contribution < -0.4 is 10.1 Å². The quantitative estimate of drug-likeness (QED) is 0.482. The summed E-state index contributed by atoms with van der Waals surface area (Å²) < 4.78 is 6.64. The first-order valence-electron chi connectivity index (χ1n) is 10.9. The van der Waals surface area contributed by atoms with E-state index >= 15 is 0 Å². The van der Waals surface area contributed by atoms with E-state index in [0.29, 0.717) is 25.3 Å². The number of halogens is 1. The Labute approximate surface area is 194 Å². The van der Waals surface area contributed by atoms with E-state index in [4.69, 9.17) is 4.74 Å². The third kappa shape index (κ3) is 7.39. The van der Waals surface area contributed by atoms with E-state index in [0.717, 1.165) is 28.4 Å². The molecule has 2 aromatic carbocycles. The SMILES string of the molecule is CCCNC(=O)[C@@H](CC)N(Cc1ccc(C)cc1)C(=O)COc1ccc(CC)cc1Br. The molecule has 0 radical (unpaired) electrons. The van der Waals surface area contributed by atoms with Crippen LogP contribution >= 0.6 is 15.9 Å². The molecule has 0 fully saturated rings. The first-order chi connectivity index (χ1) is 14.9. The van der Waals surface area contributed by atoms with Crippen molar-refractivity contribution in [2.24, 2.45) is 0 Å². The number of nitrogens with zero attached hydrogens (tertiary/aromatic N) is 1. The Hall–Kier alpha value is -2.34. The highest BCUT2D eigenvalue weighted by atomic mass is 79.9. The Balaban J connectivity index is 2.19. The van der Waals surface area contributed by atoms with Crippen molar-refractivity contribution in [2.45, 2.75) is 59.5 Å². The van der Waals surface area contributed by atoms with Crippen molar-refractivity contribution in [3.8, 4) is 5.75 Å². The Kier molecular flexibility index (Phi) is 10.0. The number of hydrogen-bond donors (Lipinski definition) is 1. The van der Waals surface area contributed by atoms with Crippen LogP contribution in [0.5, 0.6) is 5.75 Å². The Morgan fingerprint density at radius 1 is 1.06 bits per heavy atom. The van der Waals surface area contributed by atoms with Gasteiger partial charge in [-0.25, -0.2) is 0 Å². The normalized spacial score (nSPS) is 11.6. The van der Waals surface area contributed by atoms with Gasteiger partial charge in [0.2, 0.25) is 5.91 Å². The molecule has 0 aliphatic rings. The number of rotatable bonds is 11.